The van der Waals surface area contributed by atoms with E-state index < -0.39 is 12.1 Å². The molecule has 1 aromatic rings. The molecule has 0 aliphatic heterocycles. The van der Waals surface area contributed by atoms with E-state index in [1.807, 2.05) is 0 Å². The molecule has 0 atom stereocenters. The molecule has 0 aromatic heterocycles. The third kappa shape index (κ3) is 4.98. The van der Waals surface area contributed by atoms with Crippen molar-refractivity contribution < 1.29 is 19.4 Å². The number of anilines is 1. The van der Waals surface area contributed by atoms with Crippen molar-refractivity contribution in [2.45, 2.75) is 0 Å². The Balaban J connectivity index is 2.67. The molecule has 0 unspecified atom stereocenters. The highest BCUT2D eigenvalue weighted by Gasteiger charge is 2.01. The van der Waals surface area contributed by atoms with E-state index >= 15 is 0 Å². The number of ether oxygens (including phenoxy) is 1. The van der Waals surface area contributed by atoms with Gasteiger partial charge in [-0.05, 0) is 23.8 Å². The van der Waals surface area contributed by atoms with Gasteiger partial charge >= 0.3 is 12.1 Å². The number of hydrogen-bond acceptors (Lipinski definition) is 3. The van der Waals surface area contributed by atoms with Crippen LogP contribution >= 0.6 is 0 Å². The van der Waals surface area contributed by atoms with Gasteiger partial charge in [0.1, 0.15) is 6.61 Å². The fourth-order valence-electron chi connectivity index (χ4n) is 1.18. The zero-order valence-corrected chi connectivity index (χ0v) is 9.63. The first kappa shape index (κ1) is 13.5. The summed E-state index contributed by atoms with van der Waals surface area (Å²) in [6.07, 6.45) is 3.33. The highest BCUT2D eigenvalue weighted by Crippen LogP contribution is 2.12. The lowest BCUT2D eigenvalue weighted by molar-refractivity contribution is -0.131. The number of carboxylic acids is 1. The van der Waals surface area contributed by atoms with E-state index in [2.05, 4.69) is 11.9 Å². The molecule has 1 amide bonds. The average molecular weight is 247 g/mol. The molecule has 18 heavy (non-hydrogen) atoms. The maximum atomic E-state index is 11.3. The monoisotopic (exact) mass is 247 g/mol. The van der Waals surface area contributed by atoms with Gasteiger partial charge < -0.3 is 9.84 Å². The first-order valence-electron chi connectivity index (χ1n) is 5.17. The van der Waals surface area contributed by atoms with Gasteiger partial charge in [0.2, 0.25) is 0 Å². The van der Waals surface area contributed by atoms with Crippen LogP contribution in [-0.4, -0.2) is 23.8 Å². The fourth-order valence-corrected chi connectivity index (χ4v) is 1.18. The second kappa shape index (κ2) is 6.90. The van der Waals surface area contributed by atoms with Crippen LogP contribution in [-0.2, 0) is 9.53 Å². The number of carboxylic acid groups (broad SMARTS) is 1. The molecule has 2 N–H and O–H groups in total. The van der Waals surface area contributed by atoms with Crippen molar-refractivity contribution in [1.29, 1.82) is 0 Å². The van der Waals surface area contributed by atoms with Crippen molar-refractivity contribution >= 4 is 23.8 Å². The summed E-state index contributed by atoms with van der Waals surface area (Å²) in [5, 5.41) is 11.0. The van der Waals surface area contributed by atoms with Gasteiger partial charge in [-0.1, -0.05) is 24.8 Å². The number of hydrogen-bond donors (Lipinski definition) is 2. The smallest absolute Gasteiger partial charge is 0.411 e. The van der Waals surface area contributed by atoms with Gasteiger partial charge in [-0.3, -0.25) is 5.32 Å². The fraction of sp³-hybridized carbons (Fsp3) is 0.0769. The molecule has 5 nitrogen and oxygen atoms in total. The number of rotatable bonds is 5. The Morgan fingerprint density at radius 3 is 2.89 bits per heavy atom. The summed E-state index contributed by atoms with van der Waals surface area (Å²) in [4.78, 5) is 21.6. The minimum absolute atomic E-state index is 0.129. The Morgan fingerprint density at radius 2 is 2.22 bits per heavy atom. The Labute approximate surface area is 104 Å². The minimum atomic E-state index is -1.03. The normalized spacial score (nSPS) is 10.0. The molecule has 0 spiro atoms. The molecule has 5 heteroatoms. The van der Waals surface area contributed by atoms with Crippen LogP contribution in [0.1, 0.15) is 5.56 Å². The molecule has 0 aliphatic rings. The number of amides is 1. The van der Waals surface area contributed by atoms with Crippen LogP contribution < -0.4 is 5.32 Å². The standard InChI is InChI=1S/C13H13NO4/c1-2-8-18-13(17)14-11-5-3-4-10(9-11)6-7-12(15)16/h2-7,9H,1,8H2,(H,14,17)(H,15,16)/b7-6+. The molecule has 0 bridgehead atoms. The molecule has 0 fully saturated rings. The molecule has 94 valence electrons. The molecule has 1 aromatic carbocycles. The van der Waals surface area contributed by atoms with Gasteiger partial charge in [0, 0.05) is 11.8 Å². The van der Waals surface area contributed by atoms with Crippen LogP contribution in [0.15, 0.2) is 43.0 Å². The molecule has 0 heterocycles. The maximum absolute atomic E-state index is 11.3. The Morgan fingerprint density at radius 1 is 1.44 bits per heavy atom. The Hall–Kier alpha value is -2.56. The van der Waals surface area contributed by atoms with E-state index in [0.29, 0.717) is 11.3 Å². The number of nitrogens with one attached hydrogen (secondary N) is 1. The quantitative estimate of drug-likeness (QED) is 0.619. The third-order valence-electron chi connectivity index (χ3n) is 1.88. The second-order valence-electron chi connectivity index (χ2n) is 3.31. The second-order valence-corrected chi connectivity index (χ2v) is 3.31. The predicted molar refractivity (Wildman–Crippen MR) is 68.3 cm³/mol. The van der Waals surface area contributed by atoms with Crippen LogP contribution in [0.25, 0.3) is 6.08 Å². The number of aliphatic carboxylic acids is 1. The van der Waals surface area contributed by atoms with Crippen molar-refractivity contribution in [3.8, 4) is 0 Å². The maximum Gasteiger partial charge on any atom is 0.411 e. The third-order valence-corrected chi connectivity index (χ3v) is 1.88. The van der Waals surface area contributed by atoms with Crippen LogP contribution in [0, 0.1) is 0 Å². The molecule has 0 radical (unpaired) electrons. The predicted octanol–water partition coefficient (Wildman–Crippen LogP) is 2.52. The SMILES string of the molecule is C=CCOC(=O)Nc1cccc(/C=C/C(=O)O)c1. The lowest BCUT2D eigenvalue weighted by Crippen LogP contribution is -2.13. The van der Waals surface area contributed by atoms with Gasteiger partial charge in [0.15, 0.2) is 0 Å². The summed E-state index contributed by atoms with van der Waals surface area (Å²) >= 11 is 0. The molecular formula is C13H13NO4. The Kier molecular flexibility index (Phi) is 5.18. The van der Waals surface area contributed by atoms with E-state index in [-0.39, 0.29) is 6.61 Å². The van der Waals surface area contributed by atoms with Gasteiger partial charge in [-0.25, -0.2) is 9.59 Å². The van der Waals surface area contributed by atoms with E-state index in [9.17, 15) is 9.59 Å². The summed E-state index contributed by atoms with van der Waals surface area (Å²) in [5.41, 5.74) is 1.19. The highest BCUT2D eigenvalue weighted by atomic mass is 16.5. The summed E-state index contributed by atoms with van der Waals surface area (Å²) in [7, 11) is 0. The van der Waals surface area contributed by atoms with Crippen molar-refractivity contribution in [2.75, 3.05) is 11.9 Å². The summed E-state index contributed by atoms with van der Waals surface area (Å²) in [6.45, 7) is 3.55. The van der Waals surface area contributed by atoms with Gasteiger partial charge in [-0.15, -0.1) is 0 Å². The van der Waals surface area contributed by atoms with Gasteiger partial charge in [0.25, 0.3) is 0 Å². The highest BCUT2D eigenvalue weighted by molar-refractivity contribution is 5.87. The van der Waals surface area contributed by atoms with E-state index in [1.54, 1.807) is 24.3 Å². The van der Waals surface area contributed by atoms with E-state index in [0.717, 1.165) is 6.08 Å². The number of carbonyl (C=O) groups is 2. The van der Waals surface area contributed by atoms with Gasteiger partial charge in [-0.2, -0.15) is 0 Å². The summed E-state index contributed by atoms with van der Waals surface area (Å²) < 4.78 is 4.75. The van der Waals surface area contributed by atoms with Crippen LogP contribution in [0.4, 0.5) is 10.5 Å². The van der Waals surface area contributed by atoms with E-state index in [1.165, 1.54) is 12.2 Å². The summed E-state index contributed by atoms with van der Waals surface area (Å²) in [5.74, 6) is -1.03. The van der Waals surface area contributed by atoms with Crippen LogP contribution in [0.2, 0.25) is 0 Å². The molecular weight excluding hydrogens is 234 g/mol. The first-order valence-corrected chi connectivity index (χ1v) is 5.17. The number of benzene rings is 1. The van der Waals surface area contributed by atoms with Crippen molar-refractivity contribution in [3.63, 3.8) is 0 Å². The number of carbonyl (C=O) groups excluding carboxylic acids is 1. The van der Waals surface area contributed by atoms with Crippen molar-refractivity contribution in [1.82, 2.24) is 0 Å². The van der Waals surface area contributed by atoms with Crippen LogP contribution in [0.5, 0.6) is 0 Å². The van der Waals surface area contributed by atoms with Crippen molar-refractivity contribution in [3.05, 3.63) is 48.6 Å². The van der Waals surface area contributed by atoms with Crippen LogP contribution in [0.3, 0.4) is 0 Å². The molecule has 0 saturated heterocycles. The topological polar surface area (TPSA) is 75.6 Å². The Bertz CT molecular complexity index is 480. The van der Waals surface area contributed by atoms with E-state index in [4.69, 9.17) is 9.84 Å². The lowest BCUT2D eigenvalue weighted by Gasteiger charge is -2.05. The molecule has 0 aliphatic carbocycles. The average Bonchev–Trinajstić information content (AvgIpc) is 2.34. The minimum Gasteiger partial charge on any atom is -0.478 e. The molecule has 0 saturated carbocycles. The lowest BCUT2D eigenvalue weighted by atomic mass is 10.2. The largest absolute Gasteiger partial charge is 0.478 e. The van der Waals surface area contributed by atoms with Gasteiger partial charge in [0.05, 0.1) is 0 Å². The first-order chi connectivity index (χ1) is 8.61. The molecule has 1 rings (SSSR count). The summed E-state index contributed by atoms with van der Waals surface area (Å²) in [6, 6.07) is 6.73. The van der Waals surface area contributed by atoms with Crippen molar-refractivity contribution in [2.24, 2.45) is 0 Å². The zero-order chi connectivity index (χ0) is 13.4. The zero-order valence-electron chi connectivity index (χ0n) is 9.63.